The van der Waals surface area contributed by atoms with Crippen LogP contribution in [0.1, 0.15) is 23.6 Å². The number of carbonyl (C=O) groups is 3. The summed E-state index contributed by atoms with van der Waals surface area (Å²) in [4.78, 5) is 39.0. The number of hydrogen-bond donors (Lipinski definition) is 1. The monoisotopic (exact) mass is 486 g/mol. The zero-order valence-corrected chi connectivity index (χ0v) is 20.2. The van der Waals surface area contributed by atoms with Crippen LogP contribution >= 0.6 is 0 Å². The van der Waals surface area contributed by atoms with E-state index in [1.165, 1.54) is 13.2 Å². The molecule has 0 saturated carbocycles. The predicted molar refractivity (Wildman–Crippen MR) is 135 cm³/mol. The average molecular weight is 487 g/mol. The molecule has 184 valence electrons. The zero-order chi connectivity index (χ0) is 25.7. The lowest BCUT2D eigenvalue weighted by Gasteiger charge is -2.26. The van der Waals surface area contributed by atoms with Gasteiger partial charge in [0.2, 0.25) is 0 Å². The number of hydrogen-bond acceptors (Lipinski definition) is 6. The Labute approximate surface area is 209 Å². The Balaban J connectivity index is 1.60. The van der Waals surface area contributed by atoms with E-state index in [2.05, 4.69) is 5.32 Å². The highest BCUT2D eigenvalue weighted by molar-refractivity contribution is 6.39. The van der Waals surface area contributed by atoms with Crippen molar-refractivity contribution in [2.75, 3.05) is 18.6 Å². The lowest BCUT2D eigenvalue weighted by Crippen LogP contribution is -2.54. The van der Waals surface area contributed by atoms with Crippen molar-refractivity contribution in [2.24, 2.45) is 0 Å². The van der Waals surface area contributed by atoms with Crippen molar-refractivity contribution >= 4 is 29.6 Å². The Kier molecular flexibility index (Phi) is 7.34. The van der Waals surface area contributed by atoms with E-state index in [9.17, 15) is 14.4 Å². The number of anilines is 1. The van der Waals surface area contributed by atoms with E-state index in [4.69, 9.17) is 14.2 Å². The fraction of sp³-hybridized carbons (Fsp3) is 0.179. The predicted octanol–water partition coefficient (Wildman–Crippen LogP) is 4.65. The van der Waals surface area contributed by atoms with E-state index in [0.717, 1.165) is 16.0 Å². The van der Waals surface area contributed by atoms with Gasteiger partial charge in [0.15, 0.2) is 11.5 Å². The van der Waals surface area contributed by atoms with Crippen LogP contribution in [0.3, 0.4) is 0 Å². The topological polar surface area (TPSA) is 94.2 Å². The maximum absolute atomic E-state index is 13.2. The van der Waals surface area contributed by atoms with Gasteiger partial charge in [-0.25, -0.2) is 9.69 Å². The van der Waals surface area contributed by atoms with E-state index in [1.54, 1.807) is 42.5 Å². The molecule has 0 spiro atoms. The molecule has 0 radical (unpaired) electrons. The largest absolute Gasteiger partial charge is 0.497 e. The molecule has 0 bridgehead atoms. The van der Waals surface area contributed by atoms with Gasteiger partial charge in [0.1, 0.15) is 17.9 Å². The maximum Gasteiger partial charge on any atom is 0.335 e. The lowest BCUT2D eigenvalue weighted by molar-refractivity contribution is -0.122. The van der Waals surface area contributed by atoms with Gasteiger partial charge >= 0.3 is 6.03 Å². The third-order valence-corrected chi connectivity index (χ3v) is 5.49. The molecule has 1 aliphatic rings. The van der Waals surface area contributed by atoms with Crippen molar-refractivity contribution in [3.8, 4) is 17.2 Å². The van der Waals surface area contributed by atoms with Crippen molar-refractivity contribution in [3.05, 3.63) is 89.0 Å². The first-order chi connectivity index (χ1) is 17.4. The van der Waals surface area contributed by atoms with E-state index >= 15 is 0 Å². The van der Waals surface area contributed by atoms with Gasteiger partial charge in [-0.2, -0.15) is 0 Å². The number of rotatable bonds is 8. The number of imide groups is 2. The first-order valence-corrected chi connectivity index (χ1v) is 11.4. The molecule has 3 aromatic carbocycles. The normalized spacial score (nSPS) is 14.6. The van der Waals surface area contributed by atoms with E-state index in [-0.39, 0.29) is 5.57 Å². The van der Waals surface area contributed by atoms with Crippen LogP contribution in [0.15, 0.2) is 72.3 Å². The van der Waals surface area contributed by atoms with Crippen LogP contribution in [0.4, 0.5) is 10.5 Å². The molecule has 1 N–H and O–H groups in total. The highest BCUT2D eigenvalue weighted by atomic mass is 16.5. The highest BCUT2D eigenvalue weighted by Gasteiger charge is 2.36. The molecule has 4 rings (SSSR count). The van der Waals surface area contributed by atoms with E-state index in [0.29, 0.717) is 41.7 Å². The van der Waals surface area contributed by atoms with Crippen molar-refractivity contribution in [2.45, 2.75) is 20.5 Å². The van der Waals surface area contributed by atoms with Gasteiger partial charge in [-0.15, -0.1) is 0 Å². The number of nitrogens with one attached hydrogen (secondary N) is 1. The maximum atomic E-state index is 13.2. The van der Waals surface area contributed by atoms with Crippen LogP contribution in [0.25, 0.3) is 6.08 Å². The summed E-state index contributed by atoms with van der Waals surface area (Å²) >= 11 is 0. The van der Waals surface area contributed by atoms with Gasteiger partial charge < -0.3 is 14.2 Å². The number of amides is 4. The Morgan fingerprint density at radius 2 is 1.69 bits per heavy atom. The number of carbonyl (C=O) groups excluding carboxylic acids is 3. The molecule has 0 aromatic heterocycles. The molecule has 0 aliphatic carbocycles. The number of urea groups is 1. The second-order valence-electron chi connectivity index (χ2n) is 8.07. The van der Waals surface area contributed by atoms with E-state index < -0.39 is 17.8 Å². The van der Waals surface area contributed by atoms with Crippen molar-refractivity contribution in [3.63, 3.8) is 0 Å². The molecule has 1 aliphatic heterocycles. The number of aryl methyl sites for hydroxylation is 1. The van der Waals surface area contributed by atoms with Gasteiger partial charge in [0.05, 0.1) is 19.4 Å². The standard InChI is InChI=1S/C28H26N2O6/c1-4-35-25-16-19(8-13-24(25)36-17-20-7-5-6-18(2)14-20)15-23-26(31)29-28(33)30(27(23)32)21-9-11-22(34-3)12-10-21/h5-16H,4,17H2,1-3H3,(H,29,31,33)/b23-15+. The SMILES string of the molecule is CCOc1cc(/C=C2\C(=O)NC(=O)N(c3ccc(OC)cc3)C2=O)ccc1OCc1cccc(C)c1. The molecule has 36 heavy (non-hydrogen) atoms. The fourth-order valence-electron chi connectivity index (χ4n) is 3.75. The van der Waals surface area contributed by atoms with Crippen molar-refractivity contribution < 1.29 is 28.6 Å². The summed E-state index contributed by atoms with van der Waals surface area (Å²) in [6.07, 6.45) is 1.42. The Hall–Kier alpha value is -4.59. The summed E-state index contributed by atoms with van der Waals surface area (Å²) in [6.45, 7) is 4.64. The molecule has 4 amide bonds. The van der Waals surface area contributed by atoms with Gasteiger partial charge in [-0.3, -0.25) is 14.9 Å². The van der Waals surface area contributed by atoms with Crippen LogP contribution in [-0.4, -0.2) is 31.6 Å². The van der Waals surface area contributed by atoms with Crippen LogP contribution in [0.5, 0.6) is 17.2 Å². The summed E-state index contributed by atoms with van der Waals surface area (Å²) in [7, 11) is 1.52. The number of barbiturate groups is 1. The second-order valence-corrected chi connectivity index (χ2v) is 8.07. The Bertz CT molecular complexity index is 1330. The lowest BCUT2D eigenvalue weighted by atomic mass is 10.1. The van der Waals surface area contributed by atoms with Gasteiger partial charge in [0.25, 0.3) is 11.8 Å². The van der Waals surface area contributed by atoms with E-state index in [1.807, 2.05) is 38.1 Å². The number of ether oxygens (including phenoxy) is 3. The minimum absolute atomic E-state index is 0.179. The first-order valence-electron chi connectivity index (χ1n) is 11.4. The van der Waals surface area contributed by atoms with Crippen LogP contribution < -0.4 is 24.4 Å². The van der Waals surface area contributed by atoms with Crippen LogP contribution in [0.2, 0.25) is 0 Å². The molecule has 1 fully saturated rings. The number of benzene rings is 3. The molecule has 8 heteroatoms. The van der Waals surface area contributed by atoms with Crippen LogP contribution in [0, 0.1) is 6.92 Å². The summed E-state index contributed by atoms with van der Waals surface area (Å²) in [5.41, 5.74) is 2.84. The summed E-state index contributed by atoms with van der Waals surface area (Å²) in [5, 5.41) is 2.22. The van der Waals surface area contributed by atoms with Crippen molar-refractivity contribution in [1.29, 1.82) is 0 Å². The van der Waals surface area contributed by atoms with Gasteiger partial charge in [-0.05, 0) is 67.4 Å². The minimum Gasteiger partial charge on any atom is -0.497 e. The smallest absolute Gasteiger partial charge is 0.335 e. The third-order valence-electron chi connectivity index (χ3n) is 5.49. The average Bonchev–Trinajstić information content (AvgIpc) is 2.86. The van der Waals surface area contributed by atoms with Gasteiger partial charge in [0, 0.05) is 0 Å². The summed E-state index contributed by atoms with van der Waals surface area (Å²) < 4.78 is 16.8. The highest BCUT2D eigenvalue weighted by Crippen LogP contribution is 2.31. The summed E-state index contributed by atoms with van der Waals surface area (Å²) in [6, 6.07) is 18.7. The molecule has 0 unspecified atom stereocenters. The zero-order valence-electron chi connectivity index (χ0n) is 20.2. The number of nitrogens with zero attached hydrogens (tertiary/aromatic N) is 1. The Morgan fingerprint density at radius 1 is 0.917 bits per heavy atom. The third kappa shape index (κ3) is 5.38. The van der Waals surface area contributed by atoms with Gasteiger partial charge in [-0.1, -0.05) is 35.9 Å². The second kappa shape index (κ2) is 10.8. The molecule has 8 nitrogen and oxygen atoms in total. The summed E-state index contributed by atoms with van der Waals surface area (Å²) in [5.74, 6) is 0.0870. The minimum atomic E-state index is -0.817. The molecule has 1 saturated heterocycles. The van der Waals surface area contributed by atoms with Crippen LogP contribution in [-0.2, 0) is 16.2 Å². The number of methoxy groups -OCH3 is 1. The fourth-order valence-corrected chi connectivity index (χ4v) is 3.75. The molecular weight excluding hydrogens is 460 g/mol. The molecule has 1 heterocycles. The molecule has 3 aromatic rings. The Morgan fingerprint density at radius 3 is 2.39 bits per heavy atom. The van der Waals surface area contributed by atoms with Crippen molar-refractivity contribution in [1.82, 2.24) is 5.32 Å². The molecular formula is C28H26N2O6. The first kappa shape index (κ1) is 24.5. The quantitative estimate of drug-likeness (QED) is 0.368. The molecule has 0 atom stereocenters.